The van der Waals surface area contributed by atoms with Gasteiger partial charge >= 0.3 is 0 Å². The Labute approximate surface area is 236 Å². The van der Waals surface area contributed by atoms with Crippen LogP contribution in [0.2, 0.25) is 0 Å². The van der Waals surface area contributed by atoms with Gasteiger partial charge in [0.05, 0.1) is 33.3 Å². The zero-order valence-electron chi connectivity index (χ0n) is 23.5. The predicted molar refractivity (Wildman–Crippen MR) is 154 cm³/mol. The second-order valence-electron chi connectivity index (χ2n) is 10.5. The molecule has 1 saturated carbocycles. The van der Waals surface area contributed by atoms with E-state index in [2.05, 4.69) is 5.32 Å². The smallest absolute Gasteiger partial charge is 0.254 e. The van der Waals surface area contributed by atoms with Crippen molar-refractivity contribution >= 4 is 11.8 Å². The van der Waals surface area contributed by atoms with Gasteiger partial charge in [0.15, 0.2) is 11.5 Å². The lowest BCUT2D eigenvalue weighted by Crippen LogP contribution is -2.52. The van der Waals surface area contributed by atoms with Crippen molar-refractivity contribution in [1.29, 1.82) is 0 Å². The molecule has 1 aliphatic heterocycles. The van der Waals surface area contributed by atoms with Gasteiger partial charge < -0.3 is 24.4 Å². The Morgan fingerprint density at radius 2 is 1.60 bits per heavy atom. The van der Waals surface area contributed by atoms with Crippen LogP contribution >= 0.6 is 0 Å². The van der Waals surface area contributed by atoms with Crippen LogP contribution in [-0.4, -0.2) is 50.6 Å². The minimum atomic E-state index is -0.533. The largest absolute Gasteiger partial charge is 0.497 e. The average molecular weight is 543 g/mol. The number of hydrogen-bond donors (Lipinski definition) is 1. The molecular formula is C33H38N2O5. The molecule has 3 aromatic carbocycles. The highest BCUT2D eigenvalue weighted by Crippen LogP contribution is 2.46. The zero-order valence-corrected chi connectivity index (χ0v) is 23.5. The molecule has 0 saturated heterocycles. The van der Waals surface area contributed by atoms with E-state index >= 15 is 0 Å². The van der Waals surface area contributed by atoms with E-state index in [1.165, 1.54) is 6.42 Å². The Hall–Kier alpha value is -4.00. The van der Waals surface area contributed by atoms with E-state index in [4.69, 9.17) is 14.2 Å². The standard InChI is InChI=1S/C33H38N2O5/c1-38-25-16-14-23(15-17-25)31-30(32(36)34-20-19-22-13-18-28(39-2)29(21-22)40-3)26-11-7-8-12-27(26)33(37)35(31)24-9-5-4-6-10-24/h7-8,11-18,21,24,30-31H,4-6,9-10,19-20H2,1-3H3,(H,34,36)/t30-,31-/m1/s1. The molecule has 5 rings (SSSR count). The molecule has 0 radical (unpaired) electrons. The second kappa shape index (κ2) is 12.5. The van der Waals surface area contributed by atoms with E-state index in [1.54, 1.807) is 21.3 Å². The molecule has 7 heteroatoms. The van der Waals surface area contributed by atoms with Gasteiger partial charge in [0.2, 0.25) is 5.91 Å². The first-order valence-electron chi connectivity index (χ1n) is 14.1. The number of methoxy groups -OCH3 is 3. The molecule has 1 N–H and O–H groups in total. The summed E-state index contributed by atoms with van der Waals surface area (Å²) in [7, 11) is 4.86. The summed E-state index contributed by atoms with van der Waals surface area (Å²) in [6.07, 6.45) is 5.91. The number of ether oxygens (including phenoxy) is 3. The summed E-state index contributed by atoms with van der Waals surface area (Å²) in [5, 5.41) is 3.19. The van der Waals surface area contributed by atoms with Crippen molar-refractivity contribution < 1.29 is 23.8 Å². The molecule has 40 heavy (non-hydrogen) atoms. The normalized spacial score (nSPS) is 19.1. The molecule has 3 aromatic rings. The molecule has 0 unspecified atom stereocenters. The van der Waals surface area contributed by atoms with Crippen LogP contribution in [0.3, 0.4) is 0 Å². The van der Waals surface area contributed by atoms with Crippen LogP contribution in [-0.2, 0) is 11.2 Å². The Balaban J connectivity index is 1.47. The van der Waals surface area contributed by atoms with Crippen LogP contribution in [0, 0.1) is 0 Å². The number of hydrogen-bond acceptors (Lipinski definition) is 5. The number of rotatable bonds is 9. The Bertz CT molecular complexity index is 1330. The Morgan fingerprint density at radius 1 is 0.875 bits per heavy atom. The molecule has 2 aliphatic rings. The van der Waals surface area contributed by atoms with E-state index in [-0.39, 0.29) is 17.9 Å². The summed E-state index contributed by atoms with van der Waals surface area (Å²) in [5.74, 6) is 1.47. The summed E-state index contributed by atoms with van der Waals surface area (Å²) < 4.78 is 16.2. The maximum absolute atomic E-state index is 14.1. The molecule has 7 nitrogen and oxygen atoms in total. The summed E-state index contributed by atoms with van der Waals surface area (Å²) in [4.78, 5) is 30.2. The average Bonchev–Trinajstić information content (AvgIpc) is 3.01. The highest BCUT2D eigenvalue weighted by molar-refractivity contribution is 6.01. The fourth-order valence-electron chi connectivity index (χ4n) is 6.23. The highest BCUT2D eigenvalue weighted by Gasteiger charge is 2.46. The fourth-order valence-corrected chi connectivity index (χ4v) is 6.23. The number of carbonyl (C=O) groups excluding carboxylic acids is 2. The van der Waals surface area contributed by atoms with Crippen molar-refractivity contribution in [1.82, 2.24) is 10.2 Å². The lowest BCUT2D eigenvalue weighted by Gasteiger charge is -2.46. The fraction of sp³-hybridized carbons (Fsp3) is 0.394. The van der Waals surface area contributed by atoms with Crippen LogP contribution in [0.1, 0.15) is 71.1 Å². The predicted octanol–water partition coefficient (Wildman–Crippen LogP) is 5.68. The Kier molecular flexibility index (Phi) is 8.58. The Morgan fingerprint density at radius 3 is 2.30 bits per heavy atom. The number of nitrogens with zero attached hydrogens (tertiary/aromatic N) is 1. The maximum Gasteiger partial charge on any atom is 0.254 e. The zero-order chi connectivity index (χ0) is 28.1. The van der Waals surface area contributed by atoms with E-state index < -0.39 is 12.0 Å². The molecule has 1 aliphatic carbocycles. The first kappa shape index (κ1) is 27.6. The van der Waals surface area contributed by atoms with Gasteiger partial charge in [0.1, 0.15) is 5.75 Å². The SMILES string of the molecule is COc1ccc([C@@H]2[C@H](C(=O)NCCc3ccc(OC)c(OC)c3)c3ccccc3C(=O)N2C2CCCCC2)cc1. The second-order valence-corrected chi connectivity index (χ2v) is 10.5. The van der Waals surface area contributed by atoms with E-state index in [9.17, 15) is 9.59 Å². The molecule has 210 valence electrons. The number of amides is 2. The quantitative estimate of drug-likeness (QED) is 0.376. The number of nitrogens with one attached hydrogen (secondary N) is 1. The third kappa shape index (κ3) is 5.51. The van der Waals surface area contributed by atoms with Crippen molar-refractivity contribution in [3.8, 4) is 17.2 Å². The van der Waals surface area contributed by atoms with Gasteiger partial charge in [0, 0.05) is 18.2 Å². The van der Waals surface area contributed by atoms with Crippen LogP contribution in [0.25, 0.3) is 0 Å². The van der Waals surface area contributed by atoms with Gasteiger partial charge in [0.25, 0.3) is 5.91 Å². The minimum Gasteiger partial charge on any atom is -0.497 e. The summed E-state index contributed by atoms with van der Waals surface area (Å²) in [6, 6.07) is 20.9. The van der Waals surface area contributed by atoms with E-state index in [1.807, 2.05) is 71.6 Å². The molecule has 1 heterocycles. The van der Waals surface area contributed by atoms with Gasteiger partial charge in [-0.1, -0.05) is 55.7 Å². The number of benzene rings is 3. The molecular weight excluding hydrogens is 504 g/mol. The van der Waals surface area contributed by atoms with Crippen molar-refractivity contribution in [3.63, 3.8) is 0 Å². The summed E-state index contributed by atoms with van der Waals surface area (Å²) in [5.41, 5.74) is 3.38. The van der Waals surface area contributed by atoms with Gasteiger partial charge in [-0.15, -0.1) is 0 Å². The third-order valence-electron chi connectivity index (χ3n) is 8.24. The molecule has 2 atom stereocenters. The van der Waals surface area contributed by atoms with Gasteiger partial charge in [-0.05, 0) is 66.3 Å². The third-order valence-corrected chi connectivity index (χ3v) is 8.24. The van der Waals surface area contributed by atoms with Crippen molar-refractivity contribution in [2.24, 2.45) is 0 Å². The van der Waals surface area contributed by atoms with Crippen molar-refractivity contribution in [2.45, 2.75) is 56.5 Å². The maximum atomic E-state index is 14.1. The molecule has 2 amide bonds. The first-order valence-corrected chi connectivity index (χ1v) is 14.1. The monoisotopic (exact) mass is 542 g/mol. The molecule has 0 bridgehead atoms. The van der Waals surface area contributed by atoms with Crippen LogP contribution < -0.4 is 19.5 Å². The minimum absolute atomic E-state index is 0.0118. The van der Waals surface area contributed by atoms with Crippen LogP contribution in [0.5, 0.6) is 17.2 Å². The van der Waals surface area contributed by atoms with Gasteiger partial charge in [-0.3, -0.25) is 9.59 Å². The van der Waals surface area contributed by atoms with Crippen LogP contribution in [0.15, 0.2) is 66.7 Å². The topological polar surface area (TPSA) is 77.1 Å². The summed E-state index contributed by atoms with van der Waals surface area (Å²) >= 11 is 0. The number of carbonyl (C=O) groups is 2. The van der Waals surface area contributed by atoms with Crippen molar-refractivity contribution in [3.05, 3.63) is 89.0 Å². The lowest BCUT2D eigenvalue weighted by atomic mass is 9.77. The van der Waals surface area contributed by atoms with Gasteiger partial charge in [-0.25, -0.2) is 0 Å². The molecule has 0 spiro atoms. The van der Waals surface area contributed by atoms with Crippen molar-refractivity contribution in [2.75, 3.05) is 27.9 Å². The molecule has 0 aromatic heterocycles. The van der Waals surface area contributed by atoms with Gasteiger partial charge in [-0.2, -0.15) is 0 Å². The number of fused-ring (bicyclic) bond motifs is 1. The highest BCUT2D eigenvalue weighted by atomic mass is 16.5. The first-order chi connectivity index (χ1) is 19.5. The molecule has 1 fully saturated rings. The lowest BCUT2D eigenvalue weighted by molar-refractivity contribution is -0.124. The summed E-state index contributed by atoms with van der Waals surface area (Å²) in [6.45, 7) is 0.458. The van der Waals surface area contributed by atoms with E-state index in [0.717, 1.165) is 48.1 Å². The van der Waals surface area contributed by atoms with Crippen LogP contribution in [0.4, 0.5) is 0 Å². The van der Waals surface area contributed by atoms with E-state index in [0.29, 0.717) is 30.0 Å².